The maximum atomic E-state index is 11.7. The SMILES string of the molecule is CC(COC(=O)CN)COc1ccc(C(C)(C)c2cccc(C(C)(C)c3ccc(OCC(COC(=O)CCl)OC(=O)CCl)cc3)c2)cc1. The molecule has 0 heterocycles. The minimum atomic E-state index is -0.835. The second-order valence-electron chi connectivity index (χ2n) is 12.6. The van der Waals surface area contributed by atoms with Gasteiger partial charge < -0.3 is 29.4 Å². The van der Waals surface area contributed by atoms with Crippen LogP contribution in [0.2, 0.25) is 0 Å². The monoisotopic (exact) mass is 701 g/mol. The number of nitrogens with two attached hydrogens (primary N) is 1. The number of hydrogen-bond donors (Lipinski definition) is 1. The van der Waals surface area contributed by atoms with Gasteiger partial charge in [-0.15, -0.1) is 23.2 Å². The van der Waals surface area contributed by atoms with Crippen molar-refractivity contribution in [3.05, 3.63) is 95.1 Å². The molecule has 260 valence electrons. The van der Waals surface area contributed by atoms with Crippen LogP contribution in [0.25, 0.3) is 0 Å². The molecule has 0 radical (unpaired) electrons. The topological polar surface area (TPSA) is 123 Å². The molecule has 0 saturated carbocycles. The Hall–Kier alpha value is -3.79. The van der Waals surface area contributed by atoms with Crippen molar-refractivity contribution in [2.75, 3.05) is 44.7 Å². The first-order valence-electron chi connectivity index (χ1n) is 15.7. The minimum Gasteiger partial charge on any atom is -0.493 e. The van der Waals surface area contributed by atoms with Crippen LogP contribution in [0.3, 0.4) is 0 Å². The van der Waals surface area contributed by atoms with Crippen LogP contribution >= 0.6 is 23.2 Å². The number of rotatable bonds is 18. The number of benzene rings is 3. The van der Waals surface area contributed by atoms with Gasteiger partial charge in [0.1, 0.15) is 36.5 Å². The normalized spacial score (nSPS) is 12.8. The van der Waals surface area contributed by atoms with Crippen LogP contribution < -0.4 is 15.2 Å². The van der Waals surface area contributed by atoms with Crippen molar-refractivity contribution in [3.8, 4) is 11.5 Å². The number of ether oxygens (including phenoxy) is 5. The molecule has 0 fully saturated rings. The van der Waals surface area contributed by atoms with Crippen LogP contribution in [0, 0.1) is 5.92 Å². The Morgan fingerprint density at radius 1 is 0.646 bits per heavy atom. The molecule has 48 heavy (non-hydrogen) atoms. The smallest absolute Gasteiger partial charge is 0.321 e. The zero-order valence-corrected chi connectivity index (χ0v) is 29.6. The summed E-state index contributed by atoms with van der Waals surface area (Å²) in [5.41, 5.74) is 9.22. The average molecular weight is 703 g/mol. The lowest BCUT2D eigenvalue weighted by Gasteiger charge is -2.31. The average Bonchev–Trinajstić information content (AvgIpc) is 3.10. The fraction of sp³-hybridized carbons (Fsp3) is 0.432. The van der Waals surface area contributed by atoms with E-state index in [-0.39, 0.29) is 54.9 Å². The van der Waals surface area contributed by atoms with Crippen LogP contribution in [0.15, 0.2) is 72.8 Å². The maximum absolute atomic E-state index is 11.7. The summed E-state index contributed by atoms with van der Waals surface area (Å²) >= 11 is 11.0. The Kier molecular flexibility index (Phi) is 14.6. The number of alkyl halides is 2. The molecule has 11 heteroatoms. The van der Waals surface area contributed by atoms with Gasteiger partial charge in [-0.25, -0.2) is 0 Å². The highest BCUT2D eigenvalue weighted by molar-refractivity contribution is 6.26. The number of esters is 3. The molecule has 0 amide bonds. The van der Waals surface area contributed by atoms with Gasteiger partial charge in [0.2, 0.25) is 0 Å². The van der Waals surface area contributed by atoms with Gasteiger partial charge in [-0.3, -0.25) is 14.4 Å². The molecule has 9 nitrogen and oxygen atoms in total. The third-order valence-corrected chi connectivity index (χ3v) is 8.51. The molecule has 0 bridgehead atoms. The van der Waals surface area contributed by atoms with Gasteiger partial charge in [0.25, 0.3) is 0 Å². The summed E-state index contributed by atoms with van der Waals surface area (Å²) in [5, 5.41) is 0. The molecule has 3 rings (SSSR count). The van der Waals surface area contributed by atoms with Gasteiger partial charge in [0, 0.05) is 16.7 Å². The van der Waals surface area contributed by atoms with E-state index in [0.29, 0.717) is 12.4 Å². The molecule has 0 aliphatic heterocycles. The molecule has 2 atom stereocenters. The van der Waals surface area contributed by atoms with Gasteiger partial charge in [-0.05, 0) is 46.5 Å². The highest BCUT2D eigenvalue weighted by Gasteiger charge is 2.28. The fourth-order valence-corrected chi connectivity index (χ4v) is 5.03. The molecule has 3 aromatic carbocycles. The molecule has 2 N–H and O–H groups in total. The van der Waals surface area contributed by atoms with Gasteiger partial charge in [-0.1, -0.05) is 83.1 Å². The molecule has 2 unspecified atom stereocenters. The van der Waals surface area contributed by atoms with Gasteiger partial charge in [0.05, 0.1) is 19.8 Å². The zero-order chi connectivity index (χ0) is 35.3. The van der Waals surface area contributed by atoms with Crippen molar-refractivity contribution in [3.63, 3.8) is 0 Å². The first-order valence-corrected chi connectivity index (χ1v) is 16.8. The van der Waals surface area contributed by atoms with Crippen molar-refractivity contribution in [1.29, 1.82) is 0 Å². The largest absolute Gasteiger partial charge is 0.493 e. The predicted octanol–water partition coefficient (Wildman–Crippen LogP) is 6.17. The number of carbonyl (C=O) groups excluding carboxylic acids is 3. The van der Waals surface area contributed by atoms with Gasteiger partial charge in [0.15, 0.2) is 6.10 Å². The van der Waals surface area contributed by atoms with Crippen LogP contribution in [0.5, 0.6) is 11.5 Å². The van der Waals surface area contributed by atoms with E-state index in [1.54, 1.807) is 0 Å². The molecule has 3 aromatic rings. The summed E-state index contributed by atoms with van der Waals surface area (Å²) in [4.78, 5) is 34.5. The lowest BCUT2D eigenvalue weighted by atomic mass is 9.73. The van der Waals surface area contributed by atoms with Gasteiger partial charge >= 0.3 is 17.9 Å². The van der Waals surface area contributed by atoms with Crippen molar-refractivity contribution >= 4 is 41.1 Å². The number of hydrogen-bond acceptors (Lipinski definition) is 9. The van der Waals surface area contributed by atoms with Crippen molar-refractivity contribution < 1.29 is 38.1 Å². The predicted molar refractivity (Wildman–Crippen MR) is 186 cm³/mol. The van der Waals surface area contributed by atoms with Crippen LogP contribution in [-0.4, -0.2) is 68.7 Å². The summed E-state index contributed by atoms with van der Waals surface area (Å²) in [5.74, 6) is -0.994. The minimum absolute atomic E-state index is 0.0311. The maximum Gasteiger partial charge on any atom is 0.321 e. The summed E-state index contributed by atoms with van der Waals surface area (Å²) in [7, 11) is 0. The second kappa shape index (κ2) is 18.1. The first kappa shape index (κ1) is 38.7. The Morgan fingerprint density at radius 2 is 1.12 bits per heavy atom. The van der Waals surface area contributed by atoms with Crippen molar-refractivity contribution in [2.24, 2.45) is 11.7 Å². The number of carbonyl (C=O) groups is 3. The molecule has 0 saturated heterocycles. The van der Waals surface area contributed by atoms with Crippen LogP contribution in [0.4, 0.5) is 0 Å². The van der Waals surface area contributed by atoms with E-state index in [4.69, 9.17) is 52.6 Å². The third-order valence-electron chi connectivity index (χ3n) is 8.07. The Labute approximate surface area is 292 Å². The van der Waals surface area contributed by atoms with E-state index in [9.17, 15) is 14.4 Å². The second-order valence-corrected chi connectivity index (χ2v) is 13.1. The third kappa shape index (κ3) is 11.1. The standard InChI is InChI=1S/C37H45Cl2NO8/c1-25(22-46-35(43)20-40)21-44-30-13-9-26(10-14-30)36(2,3)28-7-6-8-29(17-28)37(4,5)27-11-15-31(16-12-27)45-23-32(48-34(42)19-39)24-47-33(41)18-38/h6-17,25,32H,18-24,40H2,1-5H3. The van der Waals surface area contributed by atoms with E-state index < -0.39 is 24.0 Å². The van der Waals surface area contributed by atoms with Crippen molar-refractivity contribution in [2.45, 2.75) is 51.6 Å². The van der Waals surface area contributed by atoms with E-state index >= 15 is 0 Å². The summed E-state index contributed by atoms with van der Waals surface area (Å²) < 4.78 is 27.1. The Bertz CT molecular complexity index is 1490. The fourth-order valence-electron chi connectivity index (χ4n) is 4.89. The Balaban J connectivity index is 1.67. The molecule has 0 aliphatic rings. The molecule has 0 aliphatic carbocycles. The van der Waals surface area contributed by atoms with Crippen LogP contribution in [-0.2, 0) is 39.4 Å². The highest BCUT2D eigenvalue weighted by Crippen LogP contribution is 2.37. The number of halogens is 2. The molecular weight excluding hydrogens is 657 g/mol. The quantitative estimate of drug-likeness (QED) is 0.0943. The molecule has 0 spiro atoms. The Morgan fingerprint density at radius 3 is 1.60 bits per heavy atom. The summed E-state index contributed by atoms with van der Waals surface area (Å²) in [6, 6.07) is 24.4. The lowest BCUT2D eigenvalue weighted by molar-refractivity contribution is -0.157. The summed E-state index contributed by atoms with van der Waals surface area (Å²) in [6.07, 6.45) is -0.835. The van der Waals surface area contributed by atoms with E-state index in [1.165, 1.54) is 5.56 Å². The van der Waals surface area contributed by atoms with Crippen molar-refractivity contribution in [1.82, 2.24) is 0 Å². The van der Waals surface area contributed by atoms with E-state index in [1.807, 2.05) is 43.3 Å². The van der Waals surface area contributed by atoms with Gasteiger partial charge in [-0.2, -0.15) is 0 Å². The lowest BCUT2D eigenvalue weighted by Crippen LogP contribution is -2.31. The van der Waals surface area contributed by atoms with E-state index in [0.717, 1.165) is 22.4 Å². The highest BCUT2D eigenvalue weighted by atomic mass is 35.5. The first-order chi connectivity index (χ1) is 22.8. The summed E-state index contributed by atoms with van der Waals surface area (Å²) in [6.45, 7) is 11.0. The molecule has 0 aromatic heterocycles. The van der Waals surface area contributed by atoms with Crippen LogP contribution in [0.1, 0.15) is 56.9 Å². The molecular formula is C37H45Cl2NO8. The zero-order valence-electron chi connectivity index (χ0n) is 28.1. The van der Waals surface area contributed by atoms with E-state index in [2.05, 4.69) is 64.1 Å².